The van der Waals surface area contributed by atoms with Crippen LogP contribution in [0.15, 0.2) is 48.5 Å². The van der Waals surface area contributed by atoms with E-state index in [1.165, 1.54) is 0 Å². The van der Waals surface area contributed by atoms with Gasteiger partial charge in [-0.15, -0.1) is 0 Å². The van der Waals surface area contributed by atoms with E-state index in [1.54, 1.807) is 23.1 Å². The van der Waals surface area contributed by atoms with E-state index < -0.39 is 0 Å². The Morgan fingerprint density at radius 1 is 1.21 bits per heavy atom. The van der Waals surface area contributed by atoms with Crippen molar-refractivity contribution >= 4 is 34.9 Å². The molecule has 4 rings (SSSR count). The van der Waals surface area contributed by atoms with E-state index in [9.17, 15) is 4.79 Å². The Kier molecular flexibility index (Phi) is 5.65. The third-order valence-corrected chi connectivity index (χ3v) is 5.47. The first kappa shape index (κ1) is 19.6. The molecule has 1 aromatic heterocycles. The van der Waals surface area contributed by atoms with Gasteiger partial charge in [0, 0.05) is 36.3 Å². The number of aryl methyl sites for hydroxylation is 1. The number of benzene rings is 2. The van der Waals surface area contributed by atoms with Gasteiger partial charge < -0.3 is 15.0 Å². The van der Waals surface area contributed by atoms with Gasteiger partial charge >= 0.3 is 6.03 Å². The zero-order valence-corrected chi connectivity index (χ0v) is 17.4. The second-order valence-electron chi connectivity index (χ2n) is 6.82. The number of hydrogen-bond acceptors (Lipinski definition) is 3. The first-order valence-corrected chi connectivity index (χ1v) is 9.99. The van der Waals surface area contributed by atoms with Gasteiger partial charge in [0.25, 0.3) is 0 Å². The van der Waals surface area contributed by atoms with Crippen molar-refractivity contribution in [3.63, 3.8) is 0 Å². The molecule has 0 aliphatic carbocycles. The van der Waals surface area contributed by atoms with Gasteiger partial charge in [-0.25, -0.2) is 4.79 Å². The molecule has 0 unspecified atom stereocenters. The Morgan fingerprint density at radius 3 is 2.79 bits per heavy atom. The number of rotatable bonds is 4. The molecule has 0 spiro atoms. The lowest BCUT2D eigenvalue weighted by Crippen LogP contribution is -2.39. The van der Waals surface area contributed by atoms with E-state index >= 15 is 0 Å². The van der Waals surface area contributed by atoms with Gasteiger partial charge in [0.05, 0.1) is 17.3 Å². The number of halogens is 2. The fourth-order valence-electron chi connectivity index (χ4n) is 3.41. The molecule has 2 amide bonds. The van der Waals surface area contributed by atoms with Gasteiger partial charge in [-0.3, -0.25) is 4.68 Å². The normalized spacial score (nSPS) is 13.1. The van der Waals surface area contributed by atoms with Gasteiger partial charge in [0.2, 0.25) is 0 Å². The van der Waals surface area contributed by atoms with Crippen LogP contribution in [0.1, 0.15) is 17.0 Å². The van der Waals surface area contributed by atoms with Crippen molar-refractivity contribution in [1.29, 1.82) is 0 Å². The van der Waals surface area contributed by atoms with Crippen molar-refractivity contribution in [3.8, 4) is 5.75 Å². The molecule has 0 saturated carbocycles. The summed E-state index contributed by atoms with van der Waals surface area (Å²) in [5.41, 5.74) is 3.49. The molecule has 0 radical (unpaired) electrons. The van der Waals surface area contributed by atoms with E-state index in [-0.39, 0.29) is 6.03 Å². The molecule has 150 valence electrons. The van der Waals surface area contributed by atoms with Crippen LogP contribution in [-0.2, 0) is 26.6 Å². The van der Waals surface area contributed by atoms with Crippen LogP contribution in [-0.4, -0.2) is 27.3 Å². The number of urea groups is 1. The first-order valence-electron chi connectivity index (χ1n) is 9.23. The quantitative estimate of drug-likeness (QED) is 0.640. The van der Waals surface area contributed by atoms with E-state index in [2.05, 4.69) is 10.4 Å². The summed E-state index contributed by atoms with van der Waals surface area (Å²) >= 11 is 12.2. The molecule has 1 N–H and O–H groups in total. The fraction of sp³-hybridized carbons (Fsp3) is 0.238. The summed E-state index contributed by atoms with van der Waals surface area (Å²) in [4.78, 5) is 14.5. The maximum absolute atomic E-state index is 12.8. The topological polar surface area (TPSA) is 59.4 Å². The van der Waals surface area contributed by atoms with E-state index in [4.69, 9.17) is 27.9 Å². The molecule has 6 nitrogen and oxygen atoms in total. The lowest BCUT2D eigenvalue weighted by molar-refractivity contribution is 0.205. The summed E-state index contributed by atoms with van der Waals surface area (Å²) < 4.78 is 7.74. The Bertz CT molecular complexity index is 1040. The van der Waals surface area contributed by atoms with Gasteiger partial charge in [-0.05, 0) is 30.3 Å². The van der Waals surface area contributed by atoms with Crippen molar-refractivity contribution in [3.05, 3.63) is 75.5 Å². The van der Waals surface area contributed by atoms with Crippen LogP contribution in [0.25, 0.3) is 0 Å². The molecule has 2 heterocycles. The Hall–Kier alpha value is -2.70. The Balaban J connectivity index is 1.48. The standard InChI is InChI=1S/C21H20Cl2N4O2/c1-26-20-9-10-27(21(28)24-18-11-14(22)7-8-17(18)23)12-16(20)19(25-26)13-29-15-5-3-2-4-6-15/h2-8,11H,9-10,12-13H2,1H3,(H,24,28). The lowest BCUT2D eigenvalue weighted by Gasteiger charge is -2.28. The van der Waals surface area contributed by atoms with Crippen LogP contribution >= 0.6 is 23.2 Å². The molecular formula is C21H20Cl2N4O2. The van der Waals surface area contributed by atoms with Crippen LogP contribution in [0.3, 0.4) is 0 Å². The van der Waals surface area contributed by atoms with Crippen LogP contribution in [0.4, 0.5) is 10.5 Å². The fourth-order valence-corrected chi connectivity index (χ4v) is 3.75. The number of ether oxygens (including phenoxy) is 1. The maximum atomic E-state index is 12.8. The van der Waals surface area contributed by atoms with Gasteiger partial charge in [-0.2, -0.15) is 5.10 Å². The SMILES string of the molecule is Cn1nc(COc2ccccc2)c2c1CCN(C(=O)Nc1cc(Cl)ccc1Cl)C2. The average Bonchev–Trinajstić information content (AvgIpc) is 3.05. The van der Waals surface area contributed by atoms with Crippen molar-refractivity contribution in [2.24, 2.45) is 7.05 Å². The van der Waals surface area contributed by atoms with E-state index in [0.717, 1.165) is 29.1 Å². The highest BCUT2D eigenvalue weighted by Crippen LogP contribution is 2.27. The molecule has 29 heavy (non-hydrogen) atoms. The number of aromatic nitrogens is 2. The number of carbonyl (C=O) groups excluding carboxylic acids is 1. The molecule has 0 fully saturated rings. The van der Waals surface area contributed by atoms with E-state index in [0.29, 0.717) is 35.4 Å². The highest BCUT2D eigenvalue weighted by molar-refractivity contribution is 6.35. The number of nitrogens with zero attached hydrogens (tertiary/aromatic N) is 3. The summed E-state index contributed by atoms with van der Waals surface area (Å²) in [6, 6.07) is 14.4. The first-order chi connectivity index (χ1) is 14.0. The van der Waals surface area contributed by atoms with Gasteiger partial charge in [-0.1, -0.05) is 41.4 Å². The molecule has 1 aliphatic rings. The molecule has 0 atom stereocenters. The highest BCUT2D eigenvalue weighted by Gasteiger charge is 2.27. The second-order valence-corrected chi connectivity index (χ2v) is 7.67. The highest BCUT2D eigenvalue weighted by atomic mass is 35.5. The molecule has 3 aromatic rings. The largest absolute Gasteiger partial charge is 0.487 e. The number of hydrogen-bond donors (Lipinski definition) is 1. The van der Waals surface area contributed by atoms with E-state index in [1.807, 2.05) is 42.1 Å². The van der Waals surface area contributed by atoms with Gasteiger partial charge in [0.1, 0.15) is 18.1 Å². The minimum Gasteiger partial charge on any atom is -0.487 e. The molecule has 2 aromatic carbocycles. The average molecular weight is 431 g/mol. The smallest absolute Gasteiger partial charge is 0.322 e. The van der Waals surface area contributed by atoms with Crippen LogP contribution < -0.4 is 10.1 Å². The van der Waals surface area contributed by atoms with Gasteiger partial charge in [0.15, 0.2) is 0 Å². The molecular weight excluding hydrogens is 411 g/mol. The summed E-state index contributed by atoms with van der Waals surface area (Å²) in [6.45, 7) is 1.40. The zero-order chi connectivity index (χ0) is 20.4. The summed E-state index contributed by atoms with van der Waals surface area (Å²) in [5.74, 6) is 0.785. The lowest BCUT2D eigenvalue weighted by atomic mass is 10.1. The van der Waals surface area contributed by atoms with Crippen LogP contribution in [0, 0.1) is 0 Å². The minimum absolute atomic E-state index is 0.224. The number of anilines is 1. The predicted molar refractivity (Wildman–Crippen MR) is 114 cm³/mol. The second kappa shape index (κ2) is 8.35. The monoisotopic (exact) mass is 430 g/mol. The summed E-state index contributed by atoms with van der Waals surface area (Å²) in [5, 5.41) is 8.41. The van der Waals surface area contributed by atoms with Crippen LogP contribution in [0.5, 0.6) is 5.75 Å². The third kappa shape index (κ3) is 4.33. The number of para-hydroxylation sites is 1. The summed E-state index contributed by atoms with van der Waals surface area (Å²) in [7, 11) is 1.92. The van der Waals surface area contributed by atoms with Crippen LogP contribution in [0.2, 0.25) is 10.0 Å². The van der Waals surface area contributed by atoms with Crippen molar-refractivity contribution < 1.29 is 9.53 Å². The van der Waals surface area contributed by atoms with Crippen molar-refractivity contribution in [1.82, 2.24) is 14.7 Å². The van der Waals surface area contributed by atoms with Crippen molar-refractivity contribution in [2.75, 3.05) is 11.9 Å². The molecule has 1 aliphatic heterocycles. The van der Waals surface area contributed by atoms with Crippen molar-refractivity contribution in [2.45, 2.75) is 19.6 Å². The Morgan fingerprint density at radius 2 is 2.00 bits per heavy atom. The molecule has 8 heteroatoms. The summed E-state index contributed by atoms with van der Waals surface area (Å²) in [6.07, 6.45) is 0.723. The predicted octanol–water partition coefficient (Wildman–Crippen LogP) is 4.90. The Labute approximate surface area is 179 Å². The number of fused-ring (bicyclic) bond motifs is 1. The number of nitrogens with one attached hydrogen (secondary N) is 1. The molecule has 0 bridgehead atoms. The minimum atomic E-state index is -0.224. The third-order valence-electron chi connectivity index (χ3n) is 4.90. The maximum Gasteiger partial charge on any atom is 0.322 e. The molecule has 0 saturated heterocycles. The number of carbonyl (C=O) groups is 1. The zero-order valence-electron chi connectivity index (χ0n) is 15.9. The number of amides is 2.